The van der Waals surface area contributed by atoms with Gasteiger partial charge in [-0.1, -0.05) is 47.1 Å². The number of hydrogen-bond donors (Lipinski definition) is 2. The van der Waals surface area contributed by atoms with Gasteiger partial charge in [0.2, 0.25) is 0 Å². The highest BCUT2D eigenvalue weighted by Gasteiger charge is 2.08. The third-order valence-corrected chi connectivity index (χ3v) is 3.14. The zero-order valence-electron chi connectivity index (χ0n) is 12.3. The van der Waals surface area contributed by atoms with E-state index in [1.807, 2.05) is 25.2 Å². The molecule has 0 aliphatic carbocycles. The van der Waals surface area contributed by atoms with Crippen LogP contribution in [0.15, 0.2) is 47.1 Å². The van der Waals surface area contributed by atoms with Crippen molar-refractivity contribution in [3.8, 4) is 0 Å². The maximum atomic E-state index is 10.7. The van der Waals surface area contributed by atoms with E-state index in [2.05, 4.69) is 26.8 Å². The Morgan fingerprint density at radius 1 is 1.11 bits per heavy atom. The monoisotopic (exact) mass is 284 g/mol. The highest BCUT2D eigenvalue weighted by molar-refractivity contribution is 7.51. The SMILES string of the molecule is CC(C)=CCCC(C)=CC=CC(C)=CCP(=O)(O)O. The van der Waals surface area contributed by atoms with Crippen LogP contribution in [0.2, 0.25) is 0 Å². The summed E-state index contributed by atoms with van der Waals surface area (Å²) in [6, 6.07) is 0. The maximum absolute atomic E-state index is 10.7. The second-order valence-electron chi connectivity index (χ2n) is 4.99. The molecule has 0 heterocycles. The lowest BCUT2D eigenvalue weighted by Crippen LogP contribution is -1.83. The molecule has 0 unspecified atom stereocenters. The highest BCUT2D eigenvalue weighted by atomic mass is 31.2. The molecule has 0 aromatic rings. The lowest BCUT2D eigenvalue weighted by molar-refractivity contribution is 0.377. The first-order valence-corrected chi connectivity index (χ1v) is 8.19. The summed E-state index contributed by atoms with van der Waals surface area (Å²) in [5, 5.41) is 0. The van der Waals surface area contributed by atoms with Gasteiger partial charge in [0, 0.05) is 0 Å². The van der Waals surface area contributed by atoms with Crippen molar-refractivity contribution in [2.45, 2.75) is 40.5 Å². The van der Waals surface area contributed by atoms with E-state index in [1.165, 1.54) is 11.1 Å². The van der Waals surface area contributed by atoms with Gasteiger partial charge in [0.1, 0.15) is 0 Å². The molecule has 2 N–H and O–H groups in total. The van der Waals surface area contributed by atoms with Gasteiger partial charge in [-0.05, 0) is 40.5 Å². The van der Waals surface area contributed by atoms with Crippen molar-refractivity contribution in [2.24, 2.45) is 0 Å². The first kappa shape index (κ1) is 18.1. The summed E-state index contributed by atoms with van der Waals surface area (Å²) in [6.07, 6.45) is 11.5. The Labute approximate surface area is 116 Å². The first-order chi connectivity index (χ1) is 8.70. The Bertz CT molecular complexity index is 432. The second-order valence-corrected chi connectivity index (χ2v) is 6.68. The Hall–Kier alpha value is -0.890. The maximum Gasteiger partial charge on any atom is 0.329 e. The van der Waals surface area contributed by atoms with Gasteiger partial charge in [-0.15, -0.1) is 0 Å². The Morgan fingerprint density at radius 2 is 1.74 bits per heavy atom. The molecular formula is C15H25O3P. The van der Waals surface area contributed by atoms with Crippen molar-refractivity contribution in [3.63, 3.8) is 0 Å². The quantitative estimate of drug-likeness (QED) is 0.415. The molecule has 108 valence electrons. The van der Waals surface area contributed by atoms with Crippen LogP contribution in [-0.4, -0.2) is 15.9 Å². The Kier molecular flexibility index (Phi) is 8.66. The Morgan fingerprint density at radius 3 is 2.26 bits per heavy atom. The summed E-state index contributed by atoms with van der Waals surface area (Å²) >= 11 is 0. The van der Waals surface area contributed by atoms with Gasteiger partial charge in [0.15, 0.2) is 0 Å². The molecule has 0 rings (SSSR count). The van der Waals surface area contributed by atoms with E-state index < -0.39 is 7.60 Å². The standard InChI is InChI=1S/C15H25O3P/c1-13(2)7-5-8-14(3)9-6-10-15(4)11-12-19(16,17)18/h6-7,9-11H,5,8,12H2,1-4H3,(H2,16,17,18). The lowest BCUT2D eigenvalue weighted by atomic mass is 10.1. The van der Waals surface area contributed by atoms with Crippen LogP contribution in [0.25, 0.3) is 0 Å². The fourth-order valence-electron chi connectivity index (χ4n) is 1.37. The van der Waals surface area contributed by atoms with Crippen molar-refractivity contribution in [1.82, 2.24) is 0 Å². The topological polar surface area (TPSA) is 57.5 Å². The van der Waals surface area contributed by atoms with E-state index in [4.69, 9.17) is 9.79 Å². The van der Waals surface area contributed by atoms with Gasteiger partial charge in [-0.2, -0.15) is 0 Å². The van der Waals surface area contributed by atoms with Crippen LogP contribution in [0, 0.1) is 0 Å². The fourth-order valence-corrected chi connectivity index (χ4v) is 1.89. The van der Waals surface area contributed by atoms with Crippen molar-refractivity contribution in [3.05, 3.63) is 47.1 Å². The number of rotatable bonds is 7. The van der Waals surface area contributed by atoms with Crippen LogP contribution >= 0.6 is 7.60 Å². The first-order valence-electron chi connectivity index (χ1n) is 6.39. The summed E-state index contributed by atoms with van der Waals surface area (Å²) < 4.78 is 10.7. The largest absolute Gasteiger partial charge is 0.329 e. The number of allylic oxidation sites excluding steroid dienone is 8. The molecule has 3 nitrogen and oxygen atoms in total. The molecule has 0 spiro atoms. The lowest BCUT2D eigenvalue weighted by Gasteiger charge is -1.99. The molecule has 0 bridgehead atoms. The minimum absolute atomic E-state index is 0.202. The fraction of sp³-hybridized carbons (Fsp3) is 0.467. The van der Waals surface area contributed by atoms with E-state index in [9.17, 15) is 4.57 Å². The van der Waals surface area contributed by atoms with Crippen molar-refractivity contribution in [1.29, 1.82) is 0 Å². The molecule has 0 aromatic carbocycles. The predicted molar refractivity (Wildman–Crippen MR) is 82.2 cm³/mol. The van der Waals surface area contributed by atoms with Gasteiger partial charge < -0.3 is 9.79 Å². The van der Waals surface area contributed by atoms with Gasteiger partial charge >= 0.3 is 7.60 Å². The van der Waals surface area contributed by atoms with Gasteiger partial charge in [0.25, 0.3) is 0 Å². The van der Waals surface area contributed by atoms with Crippen LogP contribution in [0.4, 0.5) is 0 Å². The van der Waals surface area contributed by atoms with Crippen molar-refractivity contribution in [2.75, 3.05) is 6.16 Å². The minimum atomic E-state index is -3.93. The smallest absolute Gasteiger partial charge is 0.324 e. The van der Waals surface area contributed by atoms with E-state index in [0.717, 1.165) is 18.4 Å². The summed E-state index contributed by atoms with van der Waals surface area (Å²) in [6.45, 7) is 8.10. The Balaban J connectivity index is 4.25. The van der Waals surface area contributed by atoms with Gasteiger partial charge in [0.05, 0.1) is 6.16 Å². The average molecular weight is 284 g/mol. The summed E-state index contributed by atoms with van der Waals surface area (Å²) in [5.74, 6) is 0. The van der Waals surface area contributed by atoms with Crippen molar-refractivity contribution < 1.29 is 14.4 Å². The molecule has 0 aliphatic heterocycles. The molecule has 0 atom stereocenters. The van der Waals surface area contributed by atoms with Crippen LogP contribution in [-0.2, 0) is 4.57 Å². The van der Waals surface area contributed by atoms with E-state index >= 15 is 0 Å². The predicted octanol–water partition coefficient (Wildman–Crippen LogP) is 4.36. The van der Waals surface area contributed by atoms with Crippen LogP contribution < -0.4 is 0 Å². The average Bonchev–Trinajstić information content (AvgIpc) is 2.25. The molecule has 0 aliphatic rings. The normalized spacial score (nSPS) is 14.0. The number of hydrogen-bond acceptors (Lipinski definition) is 1. The van der Waals surface area contributed by atoms with E-state index in [0.29, 0.717) is 0 Å². The molecular weight excluding hydrogens is 259 g/mol. The molecule has 0 fully saturated rings. The zero-order valence-corrected chi connectivity index (χ0v) is 13.2. The van der Waals surface area contributed by atoms with E-state index in [1.54, 1.807) is 6.08 Å². The summed E-state index contributed by atoms with van der Waals surface area (Å²) in [5.41, 5.74) is 3.48. The molecule has 0 saturated heterocycles. The van der Waals surface area contributed by atoms with Gasteiger partial charge in [-0.3, -0.25) is 4.57 Å². The third-order valence-electron chi connectivity index (χ3n) is 2.48. The summed E-state index contributed by atoms with van der Waals surface area (Å²) in [7, 11) is -3.93. The zero-order chi connectivity index (χ0) is 14.9. The van der Waals surface area contributed by atoms with Gasteiger partial charge in [-0.25, -0.2) is 0 Å². The second kappa shape index (κ2) is 9.08. The molecule has 0 saturated carbocycles. The highest BCUT2D eigenvalue weighted by Crippen LogP contribution is 2.34. The van der Waals surface area contributed by atoms with Crippen molar-refractivity contribution >= 4 is 7.60 Å². The van der Waals surface area contributed by atoms with Crippen LogP contribution in [0.5, 0.6) is 0 Å². The van der Waals surface area contributed by atoms with Crippen LogP contribution in [0.1, 0.15) is 40.5 Å². The molecule has 19 heavy (non-hydrogen) atoms. The summed E-state index contributed by atoms with van der Waals surface area (Å²) in [4.78, 5) is 17.5. The molecule has 0 amide bonds. The van der Waals surface area contributed by atoms with Crippen LogP contribution in [0.3, 0.4) is 0 Å². The van der Waals surface area contributed by atoms with E-state index in [-0.39, 0.29) is 6.16 Å². The minimum Gasteiger partial charge on any atom is -0.324 e. The molecule has 0 aromatic heterocycles. The molecule has 0 radical (unpaired) electrons. The third kappa shape index (κ3) is 13.3. The molecule has 4 heteroatoms.